The van der Waals surface area contributed by atoms with Gasteiger partial charge in [-0.3, -0.25) is 9.59 Å². The van der Waals surface area contributed by atoms with Gasteiger partial charge in [0.05, 0.1) is 18.7 Å². The Kier molecular flexibility index (Phi) is 5.05. The Labute approximate surface area is 149 Å². The summed E-state index contributed by atoms with van der Waals surface area (Å²) < 4.78 is 0. The van der Waals surface area contributed by atoms with Crippen molar-refractivity contribution in [2.24, 2.45) is 4.99 Å². The van der Waals surface area contributed by atoms with Gasteiger partial charge in [-0.05, 0) is 19.1 Å². The first-order valence-corrected chi connectivity index (χ1v) is 8.25. The Balaban J connectivity index is 1.95. The lowest BCUT2D eigenvalue weighted by atomic mass is 9.83. The van der Waals surface area contributed by atoms with Crippen LogP contribution in [0, 0.1) is 0 Å². The highest BCUT2D eigenvalue weighted by atomic mass is 16.4. The smallest absolute Gasteiger partial charge is 0.272 e. The Bertz CT molecular complexity index is 724. The normalized spacial score (nSPS) is 34.1. The molecule has 1 aromatic rings. The molecule has 2 amide bonds. The van der Waals surface area contributed by atoms with Gasteiger partial charge in [-0.15, -0.1) is 0 Å². The Morgan fingerprint density at radius 2 is 1.81 bits per heavy atom. The molecule has 140 valence electrons. The summed E-state index contributed by atoms with van der Waals surface area (Å²) in [5.74, 6) is -1.02. The predicted octanol–water partition coefficient (Wildman–Crippen LogP) is -2.13. The van der Waals surface area contributed by atoms with Crippen molar-refractivity contribution in [1.82, 2.24) is 10.2 Å². The van der Waals surface area contributed by atoms with Crippen LogP contribution in [0.25, 0.3) is 0 Å². The molecule has 0 spiro atoms. The highest BCUT2D eigenvalue weighted by Crippen LogP contribution is 2.30. The molecule has 0 saturated carbocycles. The standard InChI is InChI=1S/C17H21N3O6/c1-8-18-17(26)11(19-16(25)9-5-3-2-4-6-9)12-14(23)15(24)13(22)10(7-21)20(8)12/h2-6,10-15,21-24H,7H2,1H3,(H,19,25)/t10-,11+,12-,13+,14+,15+/m0/s1. The summed E-state index contributed by atoms with van der Waals surface area (Å²) in [6.07, 6.45) is -4.54. The molecule has 0 bridgehead atoms. The topological polar surface area (TPSA) is 143 Å². The number of benzene rings is 1. The number of carbonyl (C=O) groups excluding carboxylic acids is 2. The van der Waals surface area contributed by atoms with E-state index < -0.39 is 54.9 Å². The second kappa shape index (κ2) is 7.12. The summed E-state index contributed by atoms with van der Waals surface area (Å²) in [5.41, 5.74) is 0.322. The van der Waals surface area contributed by atoms with Crippen molar-refractivity contribution in [2.75, 3.05) is 6.61 Å². The third-order valence-electron chi connectivity index (χ3n) is 4.89. The number of hydrogen-bond donors (Lipinski definition) is 5. The minimum Gasteiger partial charge on any atom is -0.394 e. The maximum absolute atomic E-state index is 12.4. The maximum atomic E-state index is 12.4. The van der Waals surface area contributed by atoms with Gasteiger partial charge >= 0.3 is 0 Å². The number of aliphatic imine (C=N–C) groups is 1. The van der Waals surface area contributed by atoms with Crippen molar-refractivity contribution in [2.45, 2.75) is 43.4 Å². The van der Waals surface area contributed by atoms with Crippen LogP contribution in [-0.4, -0.2) is 86.0 Å². The van der Waals surface area contributed by atoms with E-state index in [4.69, 9.17) is 0 Å². The second-order valence-electron chi connectivity index (χ2n) is 6.43. The number of aliphatic hydroxyl groups is 4. The van der Waals surface area contributed by atoms with Crippen molar-refractivity contribution >= 4 is 17.6 Å². The fourth-order valence-corrected chi connectivity index (χ4v) is 3.59. The van der Waals surface area contributed by atoms with Gasteiger partial charge in [0.1, 0.15) is 30.2 Å². The molecule has 6 atom stereocenters. The van der Waals surface area contributed by atoms with E-state index in [0.717, 1.165) is 0 Å². The predicted molar refractivity (Wildman–Crippen MR) is 90.3 cm³/mol. The summed E-state index contributed by atoms with van der Waals surface area (Å²) in [6, 6.07) is 4.95. The van der Waals surface area contributed by atoms with Crippen LogP contribution in [0.2, 0.25) is 0 Å². The fourth-order valence-electron chi connectivity index (χ4n) is 3.59. The van der Waals surface area contributed by atoms with Gasteiger partial charge in [-0.25, -0.2) is 0 Å². The number of hydrogen-bond acceptors (Lipinski definition) is 7. The number of carbonyl (C=O) groups is 2. The largest absolute Gasteiger partial charge is 0.394 e. The lowest BCUT2D eigenvalue weighted by Crippen LogP contribution is -2.75. The molecule has 2 aliphatic heterocycles. The third kappa shape index (κ3) is 2.99. The fraction of sp³-hybridized carbons (Fsp3) is 0.471. The van der Waals surface area contributed by atoms with Crippen LogP contribution in [0.5, 0.6) is 0 Å². The Morgan fingerprint density at radius 1 is 1.15 bits per heavy atom. The van der Waals surface area contributed by atoms with E-state index in [9.17, 15) is 30.0 Å². The molecular weight excluding hydrogens is 342 g/mol. The number of nitrogens with one attached hydrogen (secondary N) is 1. The molecule has 9 heteroatoms. The maximum Gasteiger partial charge on any atom is 0.272 e. The Morgan fingerprint density at radius 3 is 2.42 bits per heavy atom. The zero-order valence-electron chi connectivity index (χ0n) is 14.1. The van der Waals surface area contributed by atoms with Crippen molar-refractivity contribution in [1.29, 1.82) is 0 Å². The van der Waals surface area contributed by atoms with Crippen LogP contribution in [0.1, 0.15) is 17.3 Å². The van der Waals surface area contributed by atoms with E-state index in [2.05, 4.69) is 10.3 Å². The summed E-state index contributed by atoms with van der Waals surface area (Å²) >= 11 is 0. The van der Waals surface area contributed by atoms with E-state index >= 15 is 0 Å². The molecule has 0 unspecified atom stereocenters. The molecule has 0 radical (unpaired) electrons. The van der Waals surface area contributed by atoms with E-state index in [0.29, 0.717) is 5.56 Å². The van der Waals surface area contributed by atoms with Crippen LogP contribution >= 0.6 is 0 Å². The summed E-state index contributed by atoms with van der Waals surface area (Å²) in [6.45, 7) is 0.974. The number of fused-ring (bicyclic) bond motifs is 1. The summed E-state index contributed by atoms with van der Waals surface area (Å²) in [7, 11) is 0. The van der Waals surface area contributed by atoms with Gasteiger partial charge in [0.15, 0.2) is 0 Å². The highest BCUT2D eigenvalue weighted by Gasteiger charge is 2.54. The van der Waals surface area contributed by atoms with Crippen molar-refractivity contribution < 1.29 is 30.0 Å². The number of piperidine rings is 1. The van der Waals surface area contributed by atoms with Crippen LogP contribution < -0.4 is 5.32 Å². The molecule has 0 aromatic heterocycles. The van der Waals surface area contributed by atoms with E-state index in [-0.39, 0.29) is 5.84 Å². The number of amidine groups is 1. The summed E-state index contributed by atoms with van der Waals surface area (Å²) in [5, 5.41) is 42.9. The minimum atomic E-state index is -1.58. The van der Waals surface area contributed by atoms with E-state index in [1.165, 1.54) is 11.8 Å². The average Bonchev–Trinajstić information content (AvgIpc) is 2.64. The first kappa shape index (κ1) is 18.5. The van der Waals surface area contributed by atoms with Gasteiger partial charge < -0.3 is 30.6 Å². The van der Waals surface area contributed by atoms with E-state index in [1.54, 1.807) is 30.3 Å². The monoisotopic (exact) mass is 363 g/mol. The molecule has 0 aliphatic carbocycles. The van der Waals surface area contributed by atoms with Crippen LogP contribution in [0.3, 0.4) is 0 Å². The molecule has 5 N–H and O–H groups in total. The molecule has 2 heterocycles. The van der Waals surface area contributed by atoms with Gasteiger partial charge in [-0.1, -0.05) is 18.2 Å². The number of nitrogens with zero attached hydrogens (tertiary/aromatic N) is 2. The van der Waals surface area contributed by atoms with Gasteiger partial charge in [0.2, 0.25) is 0 Å². The van der Waals surface area contributed by atoms with Crippen molar-refractivity contribution in [3.63, 3.8) is 0 Å². The quantitative estimate of drug-likeness (QED) is 0.413. The molecule has 9 nitrogen and oxygen atoms in total. The van der Waals surface area contributed by atoms with Crippen molar-refractivity contribution in [3.05, 3.63) is 35.9 Å². The zero-order chi connectivity index (χ0) is 19.0. The molecule has 2 aliphatic rings. The molecule has 1 saturated heterocycles. The highest BCUT2D eigenvalue weighted by molar-refractivity contribution is 6.03. The van der Waals surface area contributed by atoms with Gasteiger partial charge in [-0.2, -0.15) is 4.99 Å². The molecule has 1 aromatic carbocycles. The van der Waals surface area contributed by atoms with E-state index in [1.807, 2.05) is 0 Å². The van der Waals surface area contributed by atoms with Crippen LogP contribution in [-0.2, 0) is 4.79 Å². The lowest BCUT2D eigenvalue weighted by Gasteiger charge is -2.52. The number of amides is 2. The first-order valence-electron chi connectivity index (χ1n) is 8.25. The van der Waals surface area contributed by atoms with Crippen LogP contribution in [0.15, 0.2) is 35.3 Å². The zero-order valence-corrected chi connectivity index (χ0v) is 14.1. The molecule has 26 heavy (non-hydrogen) atoms. The lowest BCUT2D eigenvalue weighted by molar-refractivity contribution is -0.164. The minimum absolute atomic E-state index is 0.189. The summed E-state index contributed by atoms with van der Waals surface area (Å²) in [4.78, 5) is 30.1. The SMILES string of the molecule is CC1=NC(=O)[C@H](NC(=O)c2ccccc2)[C@H]2[C@@H](O)[C@H](O)[C@H](O)[C@H](CO)N12. The Hall–Kier alpha value is -2.33. The number of aliphatic hydroxyl groups excluding tert-OH is 4. The second-order valence-corrected chi connectivity index (χ2v) is 6.43. The molecular formula is C17H21N3O6. The third-order valence-corrected chi connectivity index (χ3v) is 4.89. The van der Waals surface area contributed by atoms with Gasteiger partial charge in [0, 0.05) is 5.56 Å². The van der Waals surface area contributed by atoms with Gasteiger partial charge in [0.25, 0.3) is 11.8 Å². The average molecular weight is 363 g/mol. The number of rotatable bonds is 3. The van der Waals surface area contributed by atoms with Crippen LogP contribution in [0.4, 0.5) is 0 Å². The van der Waals surface area contributed by atoms with Crippen molar-refractivity contribution in [3.8, 4) is 0 Å². The first-order chi connectivity index (χ1) is 12.4. The molecule has 1 fully saturated rings. The molecule has 3 rings (SSSR count).